The van der Waals surface area contributed by atoms with Crippen molar-refractivity contribution < 1.29 is 19.1 Å². The lowest BCUT2D eigenvalue weighted by atomic mass is 10.0. The van der Waals surface area contributed by atoms with Crippen LogP contribution in [0.25, 0.3) is 0 Å². The summed E-state index contributed by atoms with van der Waals surface area (Å²) in [7, 11) is 0. The Labute approximate surface area is 154 Å². The molecular weight excluding hydrogens is 334 g/mol. The highest BCUT2D eigenvalue weighted by Crippen LogP contribution is 2.13. The Kier molecular flexibility index (Phi) is 7.00. The van der Waals surface area contributed by atoms with Crippen LogP contribution in [0.2, 0.25) is 0 Å². The van der Waals surface area contributed by atoms with Crippen LogP contribution < -0.4 is 10.6 Å². The van der Waals surface area contributed by atoms with Gasteiger partial charge in [-0.25, -0.2) is 9.59 Å². The number of rotatable bonds is 6. The first-order valence-electron chi connectivity index (χ1n) is 9.00. The minimum Gasteiger partial charge on any atom is -0.451 e. The van der Waals surface area contributed by atoms with Crippen LogP contribution in [0.3, 0.4) is 0 Å². The van der Waals surface area contributed by atoms with Crippen LogP contribution in [0, 0.1) is 5.92 Å². The van der Waals surface area contributed by atoms with Crippen molar-refractivity contribution in [2.45, 2.75) is 45.8 Å². The molecule has 0 bridgehead atoms. The van der Waals surface area contributed by atoms with Crippen molar-refractivity contribution in [1.82, 2.24) is 10.2 Å². The predicted molar refractivity (Wildman–Crippen MR) is 98.6 cm³/mol. The Morgan fingerprint density at radius 1 is 1.04 bits per heavy atom. The van der Waals surface area contributed by atoms with E-state index in [1.807, 2.05) is 19.9 Å². The fourth-order valence-electron chi connectivity index (χ4n) is 2.82. The van der Waals surface area contributed by atoms with E-state index in [1.54, 1.807) is 36.1 Å². The molecule has 1 aromatic carbocycles. The van der Waals surface area contributed by atoms with E-state index in [2.05, 4.69) is 10.6 Å². The Morgan fingerprint density at radius 3 is 2.23 bits per heavy atom. The quantitative estimate of drug-likeness (QED) is 0.762. The molecular formula is C19H27N3O4. The number of para-hydroxylation sites is 1. The molecule has 2 N–H and O–H groups in total. The molecule has 1 fully saturated rings. The molecule has 1 saturated heterocycles. The molecule has 3 amide bonds. The van der Waals surface area contributed by atoms with Crippen LogP contribution in [0.4, 0.5) is 10.5 Å². The number of carbonyl (C=O) groups excluding carboxylic acids is 3. The van der Waals surface area contributed by atoms with E-state index in [9.17, 15) is 14.4 Å². The number of amides is 3. The minimum absolute atomic E-state index is 0.182. The zero-order chi connectivity index (χ0) is 19.1. The van der Waals surface area contributed by atoms with Crippen LogP contribution in [0.1, 0.15) is 33.6 Å². The standard InChI is InChI=1S/C19H27N3O4/c1-13(2)16(21-19(25)20-15-9-5-4-6-10-15)18(24)26-14(3)17(23)22-11-7-8-12-22/h4-6,9-10,13-14,16H,7-8,11-12H2,1-3H3,(H2,20,21,25)/t14-,16+/m0/s1. The molecule has 7 nitrogen and oxygen atoms in total. The van der Waals surface area contributed by atoms with Crippen LogP contribution >= 0.6 is 0 Å². The van der Waals surface area contributed by atoms with E-state index in [-0.39, 0.29) is 11.8 Å². The molecule has 2 rings (SSSR count). The third kappa shape index (κ3) is 5.47. The summed E-state index contributed by atoms with van der Waals surface area (Å²) in [6, 6.07) is 7.61. The van der Waals surface area contributed by atoms with Gasteiger partial charge in [0.25, 0.3) is 5.91 Å². The van der Waals surface area contributed by atoms with Gasteiger partial charge in [0.1, 0.15) is 6.04 Å². The number of anilines is 1. The van der Waals surface area contributed by atoms with E-state index < -0.39 is 24.1 Å². The lowest BCUT2D eigenvalue weighted by molar-refractivity contribution is -0.161. The van der Waals surface area contributed by atoms with Crippen molar-refractivity contribution in [3.05, 3.63) is 30.3 Å². The topological polar surface area (TPSA) is 87.7 Å². The highest BCUT2D eigenvalue weighted by Gasteiger charge is 2.31. The number of carbonyl (C=O) groups is 3. The Hall–Kier alpha value is -2.57. The van der Waals surface area contributed by atoms with Gasteiger partial charge in [-0.2, -0.15) is 0 Å². The van der Waals surface area contributed by atoms with Gasteiger partial charge in [0.05, 0.1) is 0 Å². The molecule has 1 aliphatic rings. The zero-order valence-electron chi connectivity index (χ0n) is 15.5. The highest BCUT2D eigenvalue weighted by molar-refractivity contribution is 5.93. The number of urea groups is 1. The maximum Gasteiger partial charge on any atom is 0.329 e. The molecule has 0 unspecified atom stereocenters. The molecule has 7 heteroatoms. The Balaban J connectivity index is 1.91. The summed E-state index contributed by atoms with van der Waals surface area (Å²) in [6.45, 7) is 6.58. The first-order chi connectivity index (χ1) is 12.4. The molecule has 0 spiro atoms. The minimum atomic E-state index is -0.860. The predicted octanol–water partition coefficient (Wildman–Crippen LogP) is 2.39. The zero-order valence-corrected chi connectivity index (χ0v) is 15.5. The van der Waals surface area contributed by atoms with Crippen molar-refractivity contribution in [2.24, 2.45) is 5.92 Å². The molecule has 0 saturated carbocycles. The first-order valence-corrected chi connectivity index (χ1v) is 9.00. The average Bonchev–Trinajstić information content (AvgIpc) is 3.14. The number of likely N-dealkylation sites (tertiary alicyclic amines) is 1. The second kappa shape index (κ2) is 9.22. The van der Waals surface area contributed by atoms with Gasteiger partial charge in [-0.1, -0.05) is 32.0 Å². The van der Waals surface area contributed by atoms with E-state index >= 15 is 0 Å². The fourth-order valence-corrected chi connectivity index (χ4v) is 2.82. The van der Waals surface area contributed by atoms with Crippen molar-refractivity contribution in [1.29, 1.82) is 0 Å². The number of benzene rings is 1. The molecule has 0 aliphatic carbocycles. The Bertz CT molecular complexity index is 627. The maximum absolute atomic E-state index is 12.5. The van der Waals surface area contributed by atoms with Gasteiger partial charge in [-0.05, 0) is 37.8 Å². The number of esters is 1. The second-order valence-electron chi connectivity index (χ2n) is 6.80. The van der Waals surface area contributed by atoms with Crippen molar-refractivity contribution >= 4 is 23.6 Å². The van der Waals surface area contributed by atoms with Gasteiger partial charge in [0.15, 0.2) is 6.10 Å². The average molecular weight is 361 g/mol. The van der Waals surface area contributed by atoms with E-state index in [0.29, 0.717) is 18.8 Å². The van der Waals surface area contributed by atoms with Crippen LogP contribution in [0.5, 0.6) is 0 Å². The molecule has 142 valence electrons. The third-order valence-corrected chi connectivity index (χ3v) is 4.30. The fraction of sp³-hybridized carbons (Fsp3) is 0.526. The number of ether oxygens (including phenoxy) is 1. The monoisotopic (exact) mass is 361 g/mol. The molecule has 1 aromatic rings. The summed E-state index contributed by atoms with van der Waals surface area (Å²) in [5.74, 6) is -0.978. The Morgan fingerprint density at radius 2 is 1.65 bits per heavy atom. The molecule has 1 aliphatic heterocycles. The summed E-state index contributed by atoms with van der Waals surface area (Å²) < 4.78 is 5.33. The van der Waals surface area contributed by atoms with Crippen LogP contribution in [0.15, 0.2) is 30.3 Å². The van der Waals surface area contributed by atoms with Gasteiger partial charge >= 0.3 is 12.0 Å². The van der Waals surface area contributed by atoms with Gasteiger partial charge in [0, 0.05) is 18.8 Å². The van der Waals surface area contributed by atoms with E-state index in [1.165, 1.54) is 0 Å². The number of nitrogens with one attached hydrogen (secondary N) is 2. The second-order valence-corrected chi connectivity index (χ2v) is 6.80. The highest BCUT2D eigenvalue weighted by atomic mass is 16.5. The van der Waals surface area contributed by atoms with Crippen molar-refractivity contribution in [2.75, 3.05) is 18.4 Å². The van der Waals surface area contributed by atoms with Crippen molar-refractivity contribution in [3.63, 3.8) is 0 Å². The first kappa shape index (κ1) is 19.8. The molecule has 1 heterocycles. The summed E-state index contributed by atoms with van der Waals surface area (Å²) in [6.07, 6.45) is 1.09. The van der Waals surface area contributed by atoms with Crippen LogP contribution in [-0.4, -0.2) is 48.0 Å². The summed E-state index contributed by atoms with van der Waals surface area (Å²) in [5.41, 5.74) is 0.624. The third-order valence-electron chi connectivity index (χ3n) is 4.30. The molecule has 2 atom stereocenters. The number of nitrogens with zero attached hydrogens (tertiary/aromatic N) is 1. The lowest BCUT2D eigenvalue weighted by Crippen LogP contribution is -2.49. The van der Waals surface area contributed by atoms with E-state index in [0.717, 1.165) is 12.8 Å². The lowest BCUT2D eigenvalue weighted by Gasteiger charge is -2.25. The normalized spacial score (nSPS) is 16.1. The summed E-state index contributed by atoms with van der Waals surface area (Å²) in [5, 5.41) is 5.30. The summed E-state index contributed by atoms with van der Waals surface area (Å²) in [4.78, 5) is 38.6. The van der Waals surface area contributed by atoms with E-state index in [4.69, 9.17) is 4.74 Å². The molecule has 0 aromatic heterocycles. The summed E-state index contributed by atoms with van der Waals surface area (Å²) >= 11 is 0. The van der Waals surface area contributed by atoms with Gasteiger partial charge in [0.2, 0.25) is 0 Å². The van der Waals surface area contributed by atoms with Gasteiger partial charge < -0.3 is 20.3 Å². The van der Waals surface area contributed by atoms with Gasteiger partial charge in [-0.15, -0.1) is 0 Å². The smallest absolute Gasteiger partial charge is 0.329 e. The van der Waals surface area contributed by atoms with Crippen LogP contribution in [-0.2, 0) is 14.3 Å². The SMILES string of the molecule is CC(C)[C@@H](NC(=O)Nc1ccccc1)C(=O)O[C@@H](C)C(=O)N1CCCC1. The molecule has 0 radical (unpaired) electrons. The van der Waals surface area contributed by atoms with Crippen molar-refractivity contribution in [3.8, 4) is 0 Å². The maximum atomic E-state index is 12.5. The molecule has 26 heavy (non-hydrogen) atoms. The largest absolute Gasteiger partial charge is 0.451 e. The van der Waals surface area contributed by atoms with Gasteiger partial charge in [-0.3, -0.25) is 4.79 Å². The number of hydrogen-bond donors (Lipinski definition) is 2. The number of hydrogen-bond acceptors (Lipinski definition) is 4.